The fraction of sp³-hybridized carbons (Fsp3) is 0.273. The first-order valence-electron chi connectivity index (χ1n) is 9.14. The Balaban J connectivity index is 1.69. The van der Waals surface area contributed by atoms with Gasteiger partial charge in [0.1, 0.15) is 5.75 Å². The Labute approximate surface area is 159 Å². The first kappa shape index (κ1) is 18.7. The summed E-state index contributed by atoms with van der Waals surface area (Å²) in [6.45, 7) is 6.81. The highest BCUT2D eigenvalue weighted by Crippen LogP contribution is 2.34. The summed E-state index contributed by atoms with van der Waals surface area (Å²) in [6.07, 6.45) is 3.28. The molecule has 0 atom stereocenters. The molecule has 27 heavy (non-hydrogen) atoms. The normalized spacial score (nSPS) is 13.6. The lowest BCUT2D eigenvalue weighted by Gasteiger charge is -2.28. The van der Waals surface area contributed by atoms with E-state index in [1.807, 2.05) is 19.1 Å². The van der Waals surface area contributed by atoms with Crippen LogP contribution in [0.4, 0.5) is 11.4 Å². The molecule has 1 aliphatic heterocycles. The zero-order valence-corrected chi connectivity index (χ0v) is 15.9. The summed E-state index contributed by atoms with van der Waals surface area (Å²) in [4.78, 5) is 25.8. The Morgan fingerprint density at radius 3 is 2.63 bits per heavy atom. The molecule has 140 valence electrons. The third kappa shape index (κ3) is 4.37. The van der Waals surface area contributed by atoms with Gasteiger partial charge in [0.25, 0.3) is 5.91 Å². The predicted molar refractivity (Wildman–Crippen MR) is 108 cm³/mol. The van der Waals surface area contributed by atoms with Crippen LogP contribution in [0.1, 0.15) is 37.8 Å². The zero-order chi connectivity index (χ0) is 19.4. The van der Waals surface area contributed by atoms with Crippen LogP contribution < -0.4 is 15.0 Å². The molecule has 1 heterocycles. The molecular weight excluding hydrogens is 340 g/mol. The van der Waals surface area contributed by atoms with Gasteiger partial charge in [-0.15, -0.1) is 0 Å². The first-order valence-corrected chi connectivity index (χ1v) is 9.14. The Morgan fingerprint density at radius 1 is 1.22 bits per heavy atom. The summed E-state index contributed by atoms with van der Waals surface area (Å²) in [5, 5.41) is 2.83. The highest BCUT2D eigenvalue weighted by molar-refractivity contribution is 6.03. The molecule has 5 nitrogen and oxygen atoms in total. The topological polar surface area (TPSA) is 58.6 Å². The number of fused-ring (bicyclic) bond motifs is 1. The maximum absolute atomic E-state index is 12.2. The fourth-order valence-electron chi connectivity index (χ4n) is 2.97. The van der Waals surface area contributed by atoms with Crippen LogP contribution in [0.25, 0.3) is 6.08 Å². The lowest BCUT2D eigenvalue weighted by Crippen LogP contribution is -2.38. The summed E-state index contributed by atoms with van der Waals surface area (Å²) in [6, 6.07) is 13.4. The minimum absolute atomic E-state index is 0.0465. The molecule has 2 aromatic carbocycles. The smallest absolute Gasteiger partial charge is 0.265 e. The molecule has 5 heteroatoms. The molecular formula is C22H24N2O3. The van der Waals surface area contributed by atoms with Crippen LogP contribution in [0.2, 0.25) is 0 Å². The average molecular weight is 364 g/mol. The van der Waals surface area contributed by atoms with Crippen molar-refractivity contribution >= 4 is 29.3 Å². The number of likely N-dealkylation sites (N-methyl/N-ethyl adjacent to an activating group) is 1. The van der Waals surface area contributed by atoms with E-state index in [-0.39, 0.29) is 18.4 Å². The van der Waals surface area contributed by atoms with E-state index >= 15 is 0 Å². The standard InChI is InChI=1S/C22H24N2O3/c1-4-24-19-13-18(10-11-20(19)27-14-22(24)26)23-21(25)12-7-16-5-8-17(9-6-16)15(2)3/h5-13,15H,4,14H2,1-3H3,(H,23,25)/b12-7+. The molecule has 1 aliphatic rings. The molecule has 0 saturated carbocycles. The molecule has 0 saturated heterocycles. The second-order valence-electron chi connectivity index (χ2n) is 6.75. The maximum atomic E-state index is 12.2. The predicted octanol–water partition coefficient (Wildman–Crippen LogP) is 4.21. The van der Waals surface area contributed by atoms with Gasteiger partial charge in [-0.2, -0.15) is 0 Å². The molecule has 2 amide bonds. The number of amides is 2. The largest absolute Gasteiger partial charge is 0.482 e. The summed E-state index contributed by atoms with van der Waals surface area (Å²) in [5.74, 6) is 0.816. The van der Waals surface area contributed by atoms with Crippen molar-refractivity contribution in [2.75, 3.05) is 23.4 Å². The van der Waals surface area contributed by atoms with Crippen molar-refractivity contribution in [1.82, 2.24) is 0 Å². The van der Waals surface area contributed by atoms with Crippen molar-refractivity contribution < 1.29 is 14.3 Å². The molecule has 0 unspecified atom stereocenters. The first-order chi connectivity index (χ1) is 13.0. The number of nitrogens with zero attached hydrogens (tertiary/aromatic N) is 1. The second kappa shape index (κ2) is 8.08. The van der Waals surface area contributed by atoms with Gasteiger partial charge in [-0.05, 0) is 48.2 Å². The van der Waals surface area contributed by atoms with E-state index in [2.05, 4.69) is 31.3 Å². The number of benzene rings is 2. The van der Waals surface area contributed by atoms with Gasteiger partial charge >= 0.3 is 0 Å². The third-order valence-corrected chi connectivity index (χ3v) is 4.52. The summed E-state index contributed by atoms with van der Waals surface area (Å²) < 4.78 is 5.44. The molecule has 1 N–H and O–H groups in total. The number of ether oxygens (including phenoxy) is 1. The molecule has 0 bridgehead atoms. The quantitative estimate of drug-likeness (QED) is 0.809. The highest BCUT2D eigenvalue weighted by atomic mass is 16.5. The van der Waals surface area contributed by atoms with Gasteiger partial charge in [-0.3, -0.25) is 9.59 Å². The summed E-state index contributed by atoms with van der Waals surface area (Å²) >= 11 is 0. The number of hydrogen-bond donors (Lipinski definition) is 1. The minimum Gasteiger partial charge on any atom is -0.482 e. The van der Waals surface area contributed by atoms with E-state index in [9.17, 15) is 9.59 Å². The summed E-state index contributed by atoms with van der Waals surface area (Å²) in [7, 11) is 0. The van der Waals surface area contributed by atoms with Crippen LogP contribution in [0.5, 0.6) is 5.75 Å². The molecule has 0 spiro atoms. The van der Waals surface area contributed by atoms with E-state index in [1.54, 1.807) is 29.2 Å². The van der Waals surface area contributed by atoms with E-state index in [4.69, 9.17) is 4.74 Å². The number of hydrogen-bond acceptors (Lipinski definition) is 3. The number of carbonyl (C=O) groups is 2. The molecule has 0 aromatic heterocycles. The fourth-order valence-corrected chi connectivity index (χ4v) is 2.97. The average Bonchev–Trinajstić information content (AvgIpc) is 2.66. The van der Waals surface area contributed by atoms with Gasteiger partial charge in [0.15, 0.2) is 6.61 Å². The van der Waals surface area contributed by atoms with Gasteiger partial charge in [-0.1, -0.05) is 38.1 Å². The van der Waals surface area contributed by atoms with Crippen LogP contribution in [-0.4, -0.2) is 25.0 Å². The Kier molecular flexibility index (Phi) is 5.60. The van der Waals surface area contributed by atoms with Crippen molar-refractivity contribution in [3.05, 3.63) is 59.7 Å². The SMILES string of the molecule is CCN1C(=O)COc2ccc(NC(=O)/C=C/c3ccc(C(C)C)cc3)cc21. The van der Waals surface area contributed by atoms with Crippen molar-refractivity contribution in [2.45, 2.75) is 26.7 Å². The van der Waals surface area contributed by atoms with Gasteiger partial charge < -0.3 is 15.0 Å². The molecule has 0 fully saturated rings. The van der Waals surface area contributed by atoms with E-state index in [0.717, 1.165) is 5.56 Å². The Bertz CT molecular complexity index is 870. The van der Waals surface area contributed by atoms with E-state index < -0.39 is 0 Å². The Hall–Kier alpha value is -3.08. The van der Waals surface area contributed by atoms with Crippen LogP contribution in [0.15, 0.2) is 48.5 Å². The van der Waals surface area contributed by atoms with E-state index in [0.29, 0.717) is 29.6 Å². The number of nitrogens with one attached hydrogen (secondary N) is 1. The van der Waals surface area contributed by atoms with Crippen molar-refractivity contribution in [3.8, 4) is 5.75 Å². The minimum atomic E-state index is -0.228. The highest BCUT2D eigenvalue weighted by Gasteiger charge is 2.24. The third-order valence-electron chi connectivity index (χ3n) is 4.52. The van der Waals surface area contributed by atoms with Gasteiger partial charge in [0, 0.05) is 18.3 Å². The second-order valence-corrected chi connectivity index (χ2v) is 6.75. The van der Waals surface area contributed by atoms with Crippen LogP contribution >= 0.6 is 0 Å². The van der Waals surface area contributed by atoms with Gasteiger partial charge in [0.05, 0.1) is 5.69 Å². The number of anilines is 2. The number of carbonyl (C=O) groups excluding carboxylic acids is 2. The zero-order valence-electron chi connectivity index (χ0n) is 15.9. The van der Waals surface area contributed by atoms with Crippen LogP contribution in [0.3, 0.4) is 0 Å². The molecule has 3 rings (SSSR count). The monoisotopic (exact) mass is 364 g/mol. The van der Waals surface area contributed by atoms with Crippen molar-refractivity contribution in [1.29, 1.82) is 0 Å². The number of rotatable bonds is 5. The molecule has 2 aromatic rings. The summed E-state index contributed by atoms with van der Waals surface area (Å²) in [5.41, 5.74) is 3.54. The maximum Gasteiger partial charge on any atom is 0.265 e. The van der Waals surface area contributed by atoms with E-state index in [1.165, 1.54) is 11.6 Å². The lowest BCUT2D eigenvalue weighted by molar-refractivity contribution is -0.121. The Morgan fingerprint density at radius 2 is 1.96 bits per heavy atom. The van der Waals surface area contributed by atoms with Crippen molar-refractivity contribution in [2.24, 2.45) is 0 Å². The molecule has 0 aliphatic carbocycles. The lowest BCUT2D eigenvalue weighted by atomic mass is 10.0. The van der Waals surface area contributed by atoms with Crippen molar-refractivity contribution in [3.63, 3.8) is 0 Å². The van der Waals surface area contributed by atoms with Gasteiger partial charge in [-0.25, -0.2) is 0 Å². The molecule has 0 radical (unpaired) electrons. The van der Waals surface area contributed by atoms with Crippen LogP contribution in [-0.2, 0) is 9.59 Å². The van der Waals surface area contributed by atoms with Crippen LogP contribution in [0, 0.1) is 0 Å². The van der Waals surface area contributed by atoms with Gasteiger partial charge in [0.2, 0.25) is 5.91 Å².